The van der Waals surface area contributed by atoms with Crippen LogP contribution in [-0.2, 0) is 12.8 Å². The van der Waals surface area contributed by atoms with Gasteiger partial charge in [0, 0.05) is 0 Å². The Morgan fingerprint density at radius 3 is 1.40 bits per heavy atom. The van der Waals surface area contributed by atoms with Crippen LogP contribution in [0.15, 0.2) is 36.4 Å². The second-order valence-corrected chi connectivity index (χ2v) is 8.66. The topological polar surface area (TPSA) is 18.5 Å². The van der Waals surface area contributed by atoms with E-state index in [4.69, 9.17) is 32.7 Å². The lowest BCUT2D eigenvalue weighted by atomic mass is 10.0. The van der Waals surface area contributed by atoms with Crippen molar-refractivity contribution >= 4 is 23.2 Å². The molecule has 2 aromatic carbocycles. The third-order valence-electron chi connectivity index (χ3n) is 5.21. The average molecular weight is 451 g/mol. The maximum absolute atomic E-state index is 6.41. The molecule has 0 radical (unpaired) electrons. The molecule has 166 valence electrons. The molecule has 0 amide bonds. The lowest BCUT2D eigenvalue weighted by Crippen LogP contribution is -1.99. The van der Waals surface area contributed by atoms with Gasteiger partial charge in [0.2, 0.25) is 0 Å². The number of rotatable bonds is 15. The summed E-state index contributed by atoms with van der Waals surface area (Å²) >= 11 is 12.8. The van der Waals surface area contributed by atoms with Gasteiger partial charge in [-0.3, -0.25) is 0 Å². The van der Waals surface area contributed by atoms with Gasteiger partial charge in [-0.25, -0.2) is 0 Å². The zero-order valence-electron chi connectivity index (χ0n) is 18.5. The van der Waals surface area contributed by atoms with Crippen molar-refractivity contribution in [2.45, 2.75) is 78.1 Å². The van der Waals surface area contributed by atoms with Crippen LogP contribution in [0.3, 0.4) is 0 Å². The molecule has 0 saturated heterocycles. The third-order valence-corrected chi connectivity index (χ3v) is 5.80. The molecule has 0 fully saturated rings. The molecule has 30 heavy (non-hydrogen) atoms. The highest BCUT2D eigenvalue weighted by atomic mass is 35.5. The minimum atomic E-state index is 0.688. The first kappa shape index (κ1) is 24.9. The van der Waals surface area contributed by atoms with E-state index in [2.05, 4.69) is 26.0 Å². The average Bonchev–Trinajstić information content (AvgIpc) is 2.74. The fourth-order valence-electron chi connectivity index (χ4n) is 3.34. The van der Waals surface area contributed by atoms with E-state index in [-0.39, 0.29) is 0 Å². The van der Waals surface area contributed by atoms with Crippen LogP contribution < -0.4 is 9.47 Å². The number of aryl methyl sites for hydroxylation is 2. The lowest BCUT2D eigenvalue weighted by molar-refractivity contribution is 0.305. The number of ether oxygens (including phenoxy) is 2. The highest BCUT2D eigenvalue weighted by Crippen LogP contribution is 2.28. The molecule has 0 saturated carbocycles. The summed E-state index contributed by atoms with van der Waals surface area (Å²) in [7, 11) is 0. The van der Waals surface area contributed by atoms with E-state index in [1.165, 1.54) is 49.7 Å². The number of unbranched alkanes of at least 4 members (excludes halogenated alkanes) is 6. The molecule has 0 heterocycles. The fraction of sp³-hybridized carbons (Fsp3) is 0.538. The monoisotopic (exact) mass is 450 g/mol. The summed E-state index contributed by atoms with van der Waals surface area (Å²) in [6.07, 6.45) is 11.3. The number of benzene rings is 2. The summed E-state index contributed by atoms with van der Waals surface area (Å²) in [5, 5.41) is 1.38. The number of hydrogen-bond acceptors (Lipinski definition) is 2. The summed E-state index contributed by atoms with van der Waals surface area (Å²) in [5.41, 5.74) is 2.40. The van der Waals surface area contributed by atoms with Crippen molar-refractivity contribution in [2.24, 2.45) is 0 Å². The molecule has 0 aliphatic heterocycles. The van der Waals surface area contributed by atoms with Crippen molar-refractivity contribution in [2.75, 3.05) is 13.2 Å². The molecule has 0 unspecified atom stereocenters. The maximum Gasteiger partial charge on any atom is 0.137 e. The van der Waals surface area contributed by atoms with Gasteiger partial charge >= 0.3 is 0 Å². The van der Waals surface area contributed by atoms with Gasteiger partial charge in [-0.15, -0.1) is 0 Å². The molecular formula is C26H36Cl2O2. The minimum Gasteiger partial charge on any atom is -0.492 e. The van der Waals surface area contributed by atoms with Crippen LogP contribution in [0, 0.1) is 0 Å². The van der Waals surface area contributed by atoms with Crippen LogP contribution in [-0.4, -0.2) is 13.2 Å². The van der Waals surface area contributed by atoms with Crippen LogP contribution in [0.2, 0.25) is 10.0 Å². The molecule has 0 aromatic heterocycles. The summed E-state index contributed by atoms with van der Waals surface area (Å²) < 4.78 is 11.6. The Bertz CT molecular complexity index is 682. The molecule has 2 nitrogen and oxygen atoms in total. The summed E-state index contributed by atoms with van der Waals surface area (Å²) in [6.45, 7) is 5.87. The van der Waals surface area contributed by atoms with Crippen molar-refractivity contribution in [3.05, 3.63) is 57.6 Å². The quantitative estimate of drug-likeness (QED) is 0.252. The second-order valence-electron chi connectivity index (χ2n) is 7.85. The Morgan fingerprint density at radius 1 is 0.600 bits per heavy atom. The Kier molecular flexibility index (Phi) is 12.1. The first-order valence-electron chi connectivity index (χ1n) is 11.5. The normalized spacial score (nSPS) is 10.9. The Balaban J connectivity index is 1.79. The van der Waals surface area contributed by atoms with Crippen LogP contribution in [0.5, 0.6) is 11.5 Å². The van der Waals surface area contributed by atoms with Crippen molar-refractivity contribution < 1.29 is 9.47 Å². The molecule has 0 atom stereocenters. The highest BCUT2D eigenvalue weighted by molar-refractivity contribution is 6.32. The predicted molar refractivity (Wildman–Crippen MR) is 130 cm³/mol. The second kappa shape index (κ2) is 14.6. The molecule has 0 aliphatic carbocycles. The summed E-state index contributed by atoms with van der Waals surface area (Å²) in [4.78, 5) is 0. The van der Waals surface area contributed by atoms with E-state index in [1.54, 1.807) is 0 Å². The number of hydrogen-bond donors (Lipinski definition) is 0. The van der Waals surface area contributed by atoms with E-state index in [0.717, 1.165) is 50.4 Å². The smallest absolute Gasteiger partial charge is 0.137 e. The fourth-order valence-corrected chi connectivity index (χ4v) is 3.86. The molecule has 0 aliphatic rings. The molecule has 2 rings (SSSR count). The van der Waals surface area contributed by atoms with E-state index in [1.807, 2.05) is 24.3 Å². The van der Waals surface area contributed by atoms with Gasteiger partial charge in [-0.1, -0.05) is 87.7 Å². The van der Waals surface area contributed by atoms with Crippen molar-refractivity contribution in [3.8, 4) is 11.5 Å². The van der Waals surface area contributed by atoms with Crippen LogP contribution in [0.4, 0.5) is 0 Å². The molecule has 2 aromatic rings. The largest absolute Gasteiger partial charge is 0.492 e. The van der Waals surface area contributed by atoms with Gasteiger partial charge in [0.15, 0.2) is 0 Å². The van der Waals surface area contributed by atoms with E-state index in [9.17, 15) is 0 Å². The molecule has 0 bridgehead atoms. The SMILES string of the molecule is CCCCCCOc1ccc(CCc2ccc(OCCCCCC)c(Cl)c2)cc1Cl. The van der Waals surface area contributed by atoms with Gasteiger partial charge in [-0.05, 0) is 61.1 Å². The van der Waals surface area contributed by atoms with Gasteiger partial charge in [0.1, 0.15) is 11.5 Å². The molecular weight excluding hydrogens is 415 g/mol. The molecule has 4 heteroatoms. The van der Waals surface area contributed by atoms with Crippen molar-refractivity contribution in [1.29, 1.82) is 0 Å². The zero-order chi connectivity index (χ0) is 21.6. The minimum absolute atomic E-state index is 0.688. The van der Waals surface area contributed by atoms with Crippen molar-refractivity contribution in [1.82, 2.24) is 0 Å². The predicted octanol–water partition coefficient (Wildman–Crippen LogP) is 8.70. The van der Waals surface area contributed by atoms with Crippen LogP contribution in [0.25, 0.3) is 0 Å². The maximum atomic E-state index is 6.41. The lowest BCUT2D eigenvalue weighted by Gasteiger charge is -2.11. The summed E-state index contributed by atoms with van der Waals surface area (Å²) in [6, 6.07) is 12.2. The first-order valence-corrected chi connectivity index (χ1v) is 12.2. The Hall–Kier alpha value is -1.38. The van der Waals surface area contributed by atoms with Crippen LogP contribution >= 0.6 is 23.2 Å². The van der Waals surface area contributed by atoms with Gasteiger partial charge in [-0.2, -0.15) is 0 Å². The van der Waals surface area contributed by atoms with Crippen LogP contribution in [0.1, 0.15) is 76.3 Å². The first-order chi connectivity index (χ1) is 14.6. The molecule has 0 spiro atoms. The van der Waals surface area contributed by atoms with Crippen molar-refractivity contribution in [3.63, 3.8) is 0 Å². The standard InChI is InChI=1S/C26H36Cl2O2/c1-3-5-7-9-17-29-25-15-13-21(19-23(25)27)11-12-22-14-16-26(24(28)20-22)30-18-10-8-6-4-2/h13-16,19-20H,3-12,17-18H2,1-2H3. The highest BCUT2D eigenvalue weighted by Gasteiger charge is 2.06. The van der Waals surface area contributed by atoms with E-state index >= 15 is 0 Å². The van der Waals surface area contributed by atoms with E-state index < -0.39 is 0 Å². The summed E-state index contributed by atoms with van der Waals surface area (Å²) in [5.74, 6) is 1.56. The Labute approximate surface area is 192 Å². The Morgan fingerprint density at radius 2 is 1.03 bits per heavy atom. The number of halogens is 2. The molecule has 0 N–H and O–H groups in total. The zero-order valence-corrected chi connectivity index (χ0v) is 20.0. The van der Waals surface area contributed by atoms with Gasteiger partial charge < -0.3 is 9.47 Å². The third kappa shape index (κ3) is 9.18. The van der Waals surface area contributed by atoms with Gasteiger partial charge in [0.05, 0.1) is 23.3 Å². The van der Waals surface area contributed by atoms with Gasteiger partial charge in [0.25, 0.3) is 0 Å². The van der Waals surface area contributed by atoms with E-state index in [0.29, 0.717) is 10.0 Å².